The van der Waals surface area contributed by atoms with Gasteiger partial charge in [0.1, 0.15) is 11.5 Å². The lowest BCUT2D eigenvalue weighted by Crippen LogP contribution is -2.27. The summed E-state index contributed by atoms with van der Waals surface area (Å²) in [5.41, 5.74) is 2.27. The second-order valence-corrected chi connectivity index (χ2v) is 6.49. The Hall–Kier alpha value is -1.84. The Morgan fingerprint density at radius 3 is 2.08 bits per heavy atom. The van der Waals surface area contributed by atoms with E-state index in [4.69, 9.17) is 14.2 Å². The van der Waals surface area contributed by atoms with Gasteiger partial charge >= 0.3 is 0 Å². The van der Waals surface area contributed by atoms with Crippen molar-refractivity contribution in [3.05, 3.63) is 59.7 Å². The summed E-state index contributed by atoms with van der Waals surface area (Å²) in [7, 11) is 0. The van der Waals surface area contributed by atoms with Crippen molar-refractivity contribution in [1.29, 1.82) is 0 Å². The molecule has 0 radical (unpaired) electrons. The van der Waals surface area contributed by atoms with E-state index in [1.54, 1.807) is 0 Å². The molecule has 0 amide bonds. The first-order valence-electron chi connectivity index (χ1n) is 8.82. The molecule has 0 aliphatic carbocycles. The van der Waals surface area contributed by atoms with Gasteiger partial charge in [-0.15, -0.1) is 0 Å². The molecule has 1 aliphatic heterocycles. The predicted molar refractivity (Wildman–Crippen MR) is 95.4 cm³/mol. The summed E-state index contributed by atoms with van der Waals surface area (Å²) < 4.78 is 17.6. The predicted octanol–water partition coefficient (Wildman–Crippen LogP) is 5.64. The first kappa shape index (κ1) is 17.0. The molecule has 0 unspecified atom stereocenters. The van der Waals surface area contributed by atoms with Crippen LogP contribution < -0.4 is 4.74 Å². The summed E-state index contributed by atoms with van der Waals surface area (Å²) in [5, 5.41) is 0. The molecular weight excluding hydrogens is 300 g/mol. The Morgan fingerprint density at radius 2 is 1.50 bits per heavy atom. The first-order chi connectivity index (χ1) is 11.7. The number of hydrogen-bond donors (Lipinski definition) is 0. The fourth-order valence-electron chi connectivity index (χ4n) is 2.83. The Bertz CT molecular complexity index is 611. The zero-order valence-corrected chi connectivity index (χ0v) is 14.5. The molecule has 1 aliphatic rings. The minimum Gasteiger partial charge on any atom is -0.457 e. The van der Waals surface area contributed by atoms with E-state index in [1.807, 2.05) is 48.5 Å². The van der Waals surface area contributed by atoms with Gasteiger partial charge in [-0.05, 0) is 37.6 Å². The molecule has 0 aromatic heterocycles. The van der Waals surface area contributed by atoms with Gasteiger partial charge in [0, 0.05) is 11.5 Å². The average Bonchev–Trinajstić information content (AvgIpc) is 2.63. The molecule has 2 aromatic carbocycles. The molecule has 1 fully saturated rings. The van der Waals surface area contributed by atoms with Gasteiger partial charge in [-0.3, -0.25) is 0 Å². The molecule has 0 spiro atoms. The van der Waals surface area contributed by atoms with Crippen LogP contribution in [0.5, 0.6) is 11.5 Å². The van der Waals surface area contributed by atoms with E-state index in [0.29, 0.717) is 5.92 Å². The highest BCUT2D eigenvalue weighted by Crippen LogP contribution is 2.29. The lowest BCUT2D eigenvalue weighted by Gasteiger charge is -2.29. The van der Waals surface area contributed by atoms with E-state index in [-0.39, 0.29) is 6.29 Å². The average molecular weight is 326 g/mol. The Labute approximate surface area is 144 Å². The van der Waals surface area contributed by atoms with Crippen LogP contribution in [0.3, 0.4) is 0 Å². The van der Waals surface area contributed by atoms with Crippen LogP contribution in [0.15, 0.2) is 48.5 Å². The van der Waals surface area contributed by atoms with Gasteiger partial charge in [0.2, 0.25) is 0 Å². The van der Waals surface area contributed by atoms with Gasteiger partial charge < -0.3 is 14.2 Å². The number of hydrogen-bond acceptors (Lipinski definition) is 3. The number of aryl methyl sites for hydroxylation is 1. The van der Waals surface area contributed by atoms with E-state index in [2.05, 4.69) is 13.8 Å². The van der Waals surface area contributed by atoms with E-state index >= 15 is 0 Å². The normalized spacial score (nSPS) is 20.8. The summed E-state index contributed by atoms with van der Waals surface area (Å²) in [6.07, 6.45) is 3.40. The monoisotopic (exact) mass is 326 g/mol. The van der Waals surface area contributed by atoms with Crippen molar-refractivity contribution in [3.63, 3.8) is 0 Å². The molecule has 1 saturated heterocycles. The number of benzene rings is 2. The molecule has 3 nitrogen and oxygen atoms in total. The Balaban J connectivity index is 1.54. The Kier molecular flexibility index (Phi) is 5.89. The SMILES string of the molecule is CCCCC1COC(c2ccc(Oc3ccc(C)cc3)cc2)OC1. The quantitative estimate of drug-likeness (QED) is 0.687. The van der Waals surface area contributed by atoms with Gasteiger partial charge in [-0.1, -0.05) is 49.6 Å². The number of rotatable bonds is 6. The van der Waals surface area contributed by atoms with Crippen LogP contribution in [0.1, 0.15) is 43.6 Å². The van der Waals surface area contributed by atoms with Gasteiger partial charge in [0.15, 0.2) is 6.29 Å². The van der Waals surface area contributed by atoms with Crippen molar-refractivity contribution in [2.45, 2.75) is 39.4 Å². The van der Waals surface area contributed by atoms with Crippen LogP contribution >= 0.6 is 0 Å². The lowest BCUT2D eigenvalue weighted by molar-refractivity contribution is -0.206. The van der Waals surface area contributed by atoms with Crippen LogP contribution in [-0.2, 0) is 9.47 Å². The van der Waals surface area contributed by atoms with Crippen molar-refractivity contribution < 1.29 is 14.2 Å². The topological polar surface area (TPSA) is 27.7 Å². The van der Waals surface area contributed by atoms with Crippen LogP contribution in [0.25, 0.3) is 0 Å². The van der Waals surface area contributed by atoms with Crippen LogP contribution in [-0.4, -0.2) is 13.2 Å². The second-order valence-electron chi connectivity index (χ2n) is 6.49. The number of ether oxygens (including phenoxy) is 3. The smallest absolute Gasteiger partial charge is 0.183 e. The molecular formula is C21H26O3. The third-order valence-electron chi connectivity index (χ3n) is 4.34. The maximum Gasteiger partial charge on any atom is 0.183 e. The fourth-order valence-corrected chi connectivity index (χ4v) is 2.83. The summed E-state index contributed by atoms with van der Waals surface area (Å²) in [6.45, 7) is 5.85. The summed E-state index contributed by atoms with van der Waals surface area (Å²) in [5.74, 6) is 2.20. The van der Waals surface area contributed by atoms with Gasteiger partial charge in [-0.2, -0.15) is 0 Å². The molecule has 2 aromatic rings. The molecule has 24 heavy (non-hydrogen) atoms. The molecule has 0 atom stereocenters. The van der Waals surface area contributed by atoms with E-state index in [9.17, 15) is 0 Å². The molecule has 3 heteroatoms. The van der Waals surface area contributed by atoms with E-state index < -0.39 is 0 Å². The standard InChI is InChI=1S/C21H26O3/c1-3-4-5-17-14-22-21(23-15-17)18-8-12-20(13-9-18)24-19-10-6-16(2)7-11-19/h6-13,17,21H,3-5,14-15H2,1-2H3. The van der Waals surface area contributed by atoms with Crippen molar-refractivity contribution in [2.24, 2.45) is 5.92 Å². The molecule has 1 heterocycles. The van der Waals surface area contributed by atoms with Crippen molar-refractivity contribution in [1.82, 2.24) is 0 Å². The van der Waals surface area contributed by atoms with Crippen molar-refractivity contribution >= 4 is 0 Å². The van der Waals surface area contributed by atoms with E-state index in [0.717, 1.165) is 30.3 Å². The van der Waals surface area contributed by atoms with Crippen molar-refractivity contribution in [3.8, 4) is 11.5 Å². The minimum absolute atomic E-state index is 0.253. The van der Waals surface area contributed by atoms with Gasteiger partial charge in [0.05, 0.1) is 13.2 Å². The van der Waals surface area contributed by atoms with E-state index in [1.165, 1.54) is 24.8 Å². The lowest BCUT2D eigenvalue weighted by atomic mass is 10.0. The summed E-state index contributed by atoms with van der Waals surface area (Å²) in [4.78, 5) is 0. The fraction of sp³-hybridized carbons (Fsp3) is 0.429. The highest BCUT2D eigenvalue weighted by Gasteiger charge is 2.23. The summed E-state index contributed by atoms with van der Waals surface area (Å²) >= 11 is 0. The molecule has 0 bridgehead atoms. The highest BCUT2D eigenvalue weighted by molar-refractivity contribution is 5.34. The zero-order valence-electron chi connectivity index (χ0n) is 14.5. The maximum atomic E-state index is 5.88. The first-order valence-corrected chi connectivity index (χ1v) is 8.82. The highest BCUT2D eigenvalue weighted by atomic mass is 16.7. The zero-order chi connectivity index (χ0) is 16.8. The summed E-state index contributed by atoms with van der Waals surface area (Å²) in [6, 6.07) is 16.0. The van der Waals surface area contributed by atoms with Gasteiger partial charge in [-0.25, -0.2) is 0 Å². The van der Waals surface area contributed by atoms with Crippen LogP contribution in [0, 0.1) is 12.8 Å². The second kappa shape index (κ2) is 8.32. The molecule has 128 valence electrons. The molecule has 0 N–H and O–H groups in total. The van der Waals surface area contributed by atoms with Crippen molar-refractivity contribution in [2.75, 3.05) is 13.2 Å². The minimum atomic E-state index is -0.253. The van der Waals surface area contributed by atoms with Gasteiger partial charge in [0.25, 0.3) is 0 Å². The van der Waals surface area contributed by atoms with Crippen LogP contribution in [0.4, 0.5) is 0 Å². The maximum absolute atomic E-state index is 5.88. The third kappa shape index (κ3) is 4.59. The number of unbranched alkanes of at least 4 members (excludes halogenated alkanes) is 1. The Morgan fingerprint density at radius 1 is 0.917 bits per heavy atom. The third-order valence-corrected chi connectivity index (χ3v) is 4.34. The molecule has 3 rings (SSSR count). The van der Waals surface area contributed by atoms with Crippen LogP contribution in [0.2, 0.25) is 0 Å². The molecule has 0 saturated carbocycles. The largest absolute Gasteiger partial charge is 0.457 e.